The number of aliphatic carboxylic acids is 1. The van der Waals surface area contributed by atoms with Crippen LogP contribution in [-0.4, -0.2) is 46.2 Å². The number of benzene rings is 1. The fourth-order valence-corrected chi connectivity index (χ4v) is 3.86. The molecule has 1 unspecified atom stereocenters. The molecular formula is C24H27F3N2O5. The Labute approximate surface area is 195 Å². The normalized spacial score (nSPS) is 16.0. The number of aryl methyl sites for hydroxylation is 1. The first-order valence-corrected chi connectivity index (χ1v) is 11.1. The molecule has 0 bridgehead atoms. The van der Waals surface area contributed by atoms with Gasteiger partial charge in [0.1, 0.15) is 17.9 Å². The molecule has 0 radical (unpaired) electrons. The lowest BCUT2D eigenvalue weighted by molar-refractivity contribution is -0.168. The molecule has 7 nitrogen and oxygen atoms in total. The van der Waals surface area contributed by atoms with Crippen LogP contribution >= 0.6 is 0 Å². The van der Waals surface area contributed by atoms with E-state index in [-0.39, 0.29) is 25.1 Å². The largest absolute Gasteiger partial charge is 0.493 e. The van der Waals surface area contributed by atoms with E-state index in [0.717, 1.165) is 23.4 Å². The van der Waals surface area contributed by atoms with E-state index in [1.165, 1.54) is 6.07 Å². The van der Waals surface area contributed by atoms with Gasteiger partial charge in [0.15, 0.2) is 6.04 Å². The van der Waals surface area contributed by atoms with E-state index in [1.807, 2.05) is 19.1 Å². The van der Waals surface area contributed by atoms with Gasteiger partial charge in [0, 0.05) is 13.0 Å². The summed E-state index contributed by atoms with van der Waals surface area (Å²) in [6, 6.07) is 3.34. The van der Waals surface area contributed by atoms with Crippen LogP contribution in [0.5, 0.6) is 5.75 Å². The van der Waals surface area contributed by atoms with Gasteiger partial charge in [0.25, 0.3) is 0 Å². The molecule has 0 saturated carbocycles. The number of carbonyl (C=O) groups is 2. The highest BCUT2D eigenvalue weighted by Crippen LogP contribution is 2.34. The van der Waals surface area contributed by atoms with Crippen LogP contribution in [0.25, 0.3) is 6.08 Å². The van der Waals surface area contributed by atoms with E-state index in [9.17, 15) is 27.9 Å². The molecule has 0 saturated heterocycles. The van der Waals surface area contributed by atoms with Crippen molar-refractivity contribution in [3.63, 3.8) is 0 Å². The Morgan fingerprint density at radius 1 is 1.35 bits per heavy atom. The van der Waals surface area contributed by atoms with Gasteiger partial charge in [-0.1, -0.05) is 25.5 Å². The number of fused-ring (bicyclic) bond motifs is 1. The van der Waals surface area contributed by atoms with Crippen molar-refractivity contribution in [2.75, 3.05) is 13.2 Å². The Morgan fingerprint density at radius 2 is 2.12 bits per heavy atom. The monoisotopic (exact) mass is 480 g/mol. The number of ether oxygens (including phenoxy) is 1. The molecule has 1 atom stereocenters. The van der Waals surface area contributed by atoms with Gasteiger partial charge in [-0.3, -0.25) is 4.79 Å². The van der Waals surface area contributed by atoms with Gasteiger partial charge in [-0.2, -0.15) is 13.2 Å². The van der Waals surface area contributed by atoms with Crippen LogP contribution in [0.15, 0.2) is 28.7 Å². The number of carboxylic acids is 1. The van der Waals surface area contributed by atoms with Gasteiger partial charge in [-0.05, 0) is 49.1 Å². The van der Waals surface area contributed by atoms with Gasteiger partial charge >= 0.3 is 12.1 Å². The number of nitrogens with zero attached hydrogens (tertiary/aromatic N) is 2. The quantitative estimate of drug-likeness (QED) is 0.550. The Balaban J connectivity index is 1.70. The summed E-state index contributed by atoms with van der Waals surface area (Å²) in [6.07, 6.45) is 0.0548. The minimum absolute atomic E-state index is 0.0977. The average Bonchev–Trinajstić information content (AvgIpc) is 3.10. The number of allylic oxidation sites excluding steroid dienone is 1. The fraction of sp³-hybridized carbons (Fsp3) is 0.458. The number of rotatable bonds is 9. The third-order valence-electron chi connectivity index (χ3n) is 5.48. The molecular weight excluding hydrogens is 453 g/mol. The summed E-state index contributed by atoms with van der Waals surface area (Å²) in [4.78, 5) is 29.3. The third-order valence-corrected chi connectivity index (χ3v) is 5.48. The van der Waals surface area contributed by atoms with Crippen molar-refractivity contribution in [3.05, 3.63) is 52.7 Å². The number of hydrogen-bond acceptors (Lipinski definition) is 5. The Morgan fingerprint density at radius 3 is 2.79 bits per heavy atom. The predicted octanol–water partition coefficient (Wildman–Crippen LogP) is 4.88. The molecule has 0 spiro atoms. The number of carboxylic acid groups (broad SMARTS) is 1. The van der Waals surface area contributed by atoms with Gasteiger partial charge in [-0.15, -0.1) is 0 Å². The van der Waals surface area contributed by atoms with Crippen molar-refractivity contribution >= 4 is 18.0 Å². The number of amides is 1. The molecule has 10 heteroatoms. The molecule has 1 aromatic heterocycles. The molecule has 34 heavy (non-hydrogen) atoms. The van der Waals surface area contributed by atoms with Crippen molar-refractivity contribution < 1.29 is 37.0 Å². The summed E-state index contributed by atoms with van der Waals surface area (Å²) in [5.41, 5.74) is 1.65. The summed E-state index contributed by atoms with van der Waals surface area (Å²) >= 11 is 0. The van der Waals surface area contributed by atoms with E-state index in [4.69, 9.17) is 9.15 Å². The highest BCUT2D eigenvalue weighted by molar-refractivity contribution is 5.86. The second-order valence-electron chi connectivity index (χ2n) is 8.07. The number of hydrogen-bond donors (Lipinski definition) is 1. The van der Waals surface area contributed by atoms with E-state index >= 15 is 0 Å². The molecule has 1 aromatic carbocycles. The number of aromatic nitrogens is 1. The molecule has 1 amide bonds. The summed E-state index contributed by atoms with van der Waals surface area (Å²) in [6.45, 7) is 4.02. The topological polar surface area (TPSA) is 92.9 Å². The summed E-state index contributed by atoms with van der Waals surface area (Å²) in [5.74, 6) is -1.10. The van der Waals surface area contributed by atoms with Crippen molar-refractivity contribution in [1.82, 2.24) is 9.88 Å². The summed E-state index contributed by atoms with van der Waals surface area (Å²) < 4.78 is 49.5. The number of carbonyl (C=O) groups excluding carboxylic acids is 1. The molecule has 0 aliphatic carbocycles. The molecule has 1 aliphatic rings. The van der Waals surface area contributed by atoms with Crippen LogP contribution < -0.4 is 4.74 Å². The van der Waals surface area contributed by atoms with E-state index in [1.54, 1.807) is 12.1 Å². The van der Waals surface area contributed by atoms with Gasteiger partial charge in [0.05, 0.1) is 12.3 Å². The SMILES string of the molecule is CCC/C=C/c1nc(CCOc2ccc3c(c2)C(C(=O)O)N(C(=O)CC(F)(F)F)CC3)c(C)o1. The molecule has 2 aromatic rings. The van der Waals surface area contributed by atoms with Crippen LogP contribution in [-0.2, 0) is 22.4 Å². The predicted molar refractivity (Wildman–Crippen MR) is 117 cm³/mol. The molecule has 1 N–H and O–H groups in total. The third kappa shape index (κ3) is 6.39. The van der Waals surface area contributed by atoms with E-state index < -0.39 is 30.5 Å². The summed E-state index contributed by atoms with van der Waals surface area (Å²) in [5, 5.41) is 9.69. The number of alkyl halides is 3. The van der Waals surface area contributed by atoms with Crippen molar-refractivity contribution in [1.29, 1.82) is 0 Å². The summed E-state index contributed by atoms with van der Waals surface area (Å²) in [7, 11) is 0. The fourth-order valence-electron chi connectivity index (χ4n) is 3.86. The minimum atomic E-state index is -4.71. The van der Waals surface area contributed by atoms with Crippen molar-refractivity contribution in [2.45, 2.75) is 58.2 Å². The van der Waals surface area contributed by atoms with Crippen LogP contribution in [0.3, 0.4) is 0 Å². The zero-order chi connectivity index (χ0) is 24.9. The molecule has 184 valence electrons. The van der Waals surface area contributed by atoms with E-state index in [0.29, 0.717) is 29.4 Å². The highest BCUT2D eigenvalue weighted by Gasteiger charge is 2.40. The average molecular weight is 480 g/mol. The zero-order valence-corrected chi connectivity index (χ0v) is 19.0. The Kier molecular flexibility index (Phi) is 8.01. The molecule has 2 heterocycles. The van der Waals surface area contributed by atoms with E-state index in [2.05, 4.69) is 11.9 Å². The smallest absolute Gasteiger partial charge is 0.397 e. The second kappa shape index (κ2) is 10.8. The highest BCUT2D eigenvalue weighted by atomic mass is 19.4. The molecule has 3 rings (SSSR count). The Bertz CT molecular complexity index is 1060. The maximum absolute atomic E-state index is 12.7. The first-order valence-electron chi connectivity index (χ1n) is 11.1. The Hall–Kier alpha value is -3.30. The van der Waals surface area contributed by atoms with Crippen LogP contribution in [0.1, 0.15) is 60.7 Å². The zero-order valence-electron chi connectivity index (χ0n) is 19.0. The number of oxazole rings is 1. The maximum atomic E-state index is 12.7. The van der Waals surface area contributed by atoms with Crippen LogP contribution in [0, 0.1) is 6.92 Å². The number of unbranched alkanes of at least 4 members (excludes halogenated alkanes) is 1. The number of halogens is 3. The van der Waals surface area contributed by atoms with Crippen LogP contribution in [0.2, 0.25) is 0 Å². The second-order valence-corrected chi connectivity index (χ2v) is 8.07. The molecule has 0 fully saturated rings. The first kappa shape index (κ1) is 25.3. The van der Waals surface area contributed by atoms with Crippen molar-refractivity contribution in [2.24, 2.45) is 0 Å². The molecule has 1 aliphatic heterocycles. The maximum Gasteiger partial charge on any atom is 0.397 e. The van der Waals surface area contributed by atoms with Gasteiger partial charge in [0.2, 0.25) is 11.8 Å². The first-order chi connectivity index (χ1) is 16.1. The lowest BCUT2D eigenvalue weighted by atomic mass is 9.92. The lowest BCUT2D eigenvalue weighted by Gasteiger charge is -2.35. The van der Waals surface area contributed by atoms with Crippen LogP contribution in [0.4, 0.5) is 13.2 Å². The minimum Gasteiger partial charge on any atom is -0.493 e. The van der Waals surface area contributed by atoms with Gasteiger partial charge < -0.3 is 19.2 Å². The van der Waals surface area contributed by atoms with Crippen molar-refractivity contribution in [3.8, 4) is 5.75 Å². The van der Waals surface area contributed by atoms with Gasteiger partial charge in [-0.25, -0.2) is 9.78 Å². The lowest BCUT2D eigenvalue weighted by Crippen LogP contribution is -2.44. The standard InChI is InChI=1S/C24H27F3N2O5/c1-3-4-5-6-20-28-19(15(2)34-20)10-12-33-17-8-7-16-9-11-29(21(30)14-24(25,26)27)22(23(31)32)18(16)13-17/h5-8,13,22H,3-4,9-12,14H2,1-2H3,(H,31,32)/b6-5+.